The Morgan fingerprint density at radius 3 is 2.33 bits per heavy atom. The van der Waals surface area contributed by atoms with Crippen LogP contribution in [0.15, 0.2) is 59.5 Å². The van der Waals surface area contributed by atoms with Gasteiger partial charge >= 0.3 is 5.56 Å². The second kappa shape index (κ2) is 11.4. The largest absolute Gasteiger partial charge is 0.598 e. The van der Waals surface area contributed by atoms with E-state index in [0.717, 1.165) is 31.2 Å². The van der Waals surface area contributed by atoms with E-state index >= 15 is 0 Å². The standard InChI is InChI=1S/C26H28Cl2N4O3S/c27-20-14-19(15-21(28)16-20)18-36(34)31-12-10-30(11-13-31)24-17-29-32(22-6-2-1-3-7-22)26(33)25(24)35-23-8-4-5-9-23/h1-3,6-7,14-17,23H,4-5,8-13,18H2. The van der Waals surface area contributed by atoms with Gasteiger partial charge in [-0.05, 0) is 56.0 Å². The van der Waals surface area contributed by atoms with Crippen LogP contribution in [0.3, 0.4) is 0 Å². The molecule has 2 aliphatic rings. The van der Waals surface area contributed by atoms with Gasteiger partial charge in [-0.25, -0.2) is 0 Å². The summed E-state index contributed by atoms with van der Waals surface area (Å²) < 4.78 is 22.7. The maximum Gasteiger partial charge on any atom is 0.316 e. The van der Waals surface area contributed by atoms with Gasteiger partial charge in [-0.3, -0.25) is 4.79 Å². The van der Waals surface area contributed by atoms with Crippen LogP contribution in [0.2, 0.25) is 10.0 Å². The zero-order valence-electron chi connectivity index (χ0n) is 19.8. The van der Waals surface area contributed by atoms with Gasteiger partial charge in [-0.1, -0.05) is 41.4 Å². The molecule has 2 aromatic carbocycles. The Bertz CT molecular complexity index is 1230. The van der Waals surface area contributed by atoms with E-state index in [9.17, 15) is 9.35 Å². The summed E-state index contributed by atoms with van der Waals surface area (Å²) in [5, 5.41) is 5.54. The Morgan fingerprint density at radius 2 is 1.67 bits per heavy atom. The SMILES string of the molecule is O=c1c(OC2CCCC2)c(N2CCN([S+]([O-])Cc3cc(Cl)cc(Cl)c3)CC2)cnn1-c1ccccc1. The Labute approximate surface area is 223 Å². The summed E-state index contributed by atoms with van der Waals surface area (Å²) in [5.74, 6) is 0.703. The number of para-hydroxylation sites is 1. The summed E-state index contributed by atoms with van der Waals surface area (Å²) in [4.78, 5) is 15.6. The lowest BCUT2D eigenvalue weighted by Crippen LogP contribution is -2.49. The normalized spacial score (nSPS) is 17.9. The van der Waals surface area contributed by atoms with Crippen molar-refractivity contribution < 1.29 is 9.29 Å². The van der Waals surface area contributed by atoms with E-state index in [1.807, 2.05) is 34.6 Å². The summed E-state index contributed by atoms with van der Waals surface area (Å²) in [6.45, 7) is 2.40. The minimum absolute atomic E-state index is 0.0430. The molecule has 1 unspecified atom stereocenters. The molecule has 1 aliphatic heterocycles. The van der Waals surface area contributed by atoms with Crippen LogP contribution in [-0.2, 0) is 17.1 Å². The summed E-state index contributed by atoms with van der Waals surface area (Å²) in [6.07, 6.45) is 5.89. The van der Waals surface area contributed by atoms with Gasteiger partial charge in [0.05, 0.1) is 31.1 Å². The molecule has 1 aliphatic carbocycles. The van der Waals surface area contributed by atoms with Crippen molar-refractivity contribution in [1.82, 2.24) is 14.1 Å². The first-order chi connectivity index (χ1) is 17.5. The van der Waals surface area contributed by atoms with Crippen molar-refractivity contribution in [2.45, 2.75) is 37.5 Å². The highest BCUT2D eigenvalue weighted by Gasteiger charge is 2.30. The predicted molar refractivity (Wildman–Crippen MR) is 145 cm³/mol. The molecule has 0 bridgehead atoms. The van der Waals surface area contributed by atoms with Crippen LogP contribution in [0.25, 0.3) is 5.69 Å². The van der Waals surface area contributed by atoms with E-state index in [0.29, 0.717) is 59.1 Å². The number of rotatable bonds is 7. The van der Waals surface area contributed by atoms with Crippen LogP contribution in [0, 0.1) is 0 Å². The monoisotopic (exact) mass is 546 g/mol. The van der Waals surface area contributed by atoms with Gasteiger partial charge in [0.1, 0.15) is 5.69 Å². The zero-order chi connectivity index (χ0) is 25.1. The molecule has 3 aromatic rings. The molecule has 2 fully saturated rings. The van der Waals surface area contributed by atoms with Crippen molar-refractivity contribution in [3.05, 3.63) is 80.7 Å². The van der Waals surface area contributed by atoms with Crippen LogP contribution in [-0.4, -0.2) is 50.9 Å². The van der Waals surface area contributed by atoms with Crippen molar-refractivity contribution >= 4 is 40.3 Å². The number of anilines is 1. The molecule has 0 spiro atoms. The number of halogens is 2. The second-order valence-electron chi connectivity index (χ2n) is 9.10. The first kappa shape index (κ1) is 25.4. The van der Waals surface area contributed by atoms with E-state index in [-0.39, 0.29) is 11.7 Å². The maximum atomic E-state index is 13.5. The van der Waals surface area contributed by atoms with E-state index in [1.165, 1.54) is 4.68 Å². The van der Waals surface area contributed by atoms with Crippen LogP contribution in [0.1, 0.15) is 31.2 Å². The number of piperazine rings is 1. The molecule has 1 aromatic heterocycles. The molecule has 1 saturated heterocycles. The number of benzene rings is 2. The minimum atomic E-state index is -1.21. The van der Waals surface area contributed by atoms with Crippen molar-refractivity contribution in [1.29, 1.82) is 0 Å². The third-order valence-electron chi connectivity index (χ3n) is 6.58. The first-order valence-corrected chi connectivity index (χ1v) is 14.2. The maximum absolute atomic E-state index is 13.5. The van der Waals surface area contributed by atoms with Crippen LogP contribution >= 0.6 is 23.2 Å². The second-order valence-corrected chi connectivity index (χ2v) is 11.4. The highest BCUT2D eigenvalue weighted by atomic mass is 35.5. The molecule has 1 atom stereocenters. The molecule has 5 rings (SSSR count). The van der Waals surface area contributed by atoms with Gasteiger partial charge < -0.3 is 14.2 Å². The van der Waals surface area contributed by atoms with Gasteiger partial charge in [0, 0.05) is 40.1 Å². The Hall–Kier alpha value is -2.23. The van der Waals surface area contributed by atoms with Crippen LogP contribution in [0.5, 0.6) is 5.75 Å². The van der Waals surface area contributed by atoms with Crippen molar-refractivity contribution in [2.24, 2.45) is 0 Å². The Kier molecular flexibility index (Phi) is 8.08. The van der Waals surface area contributed by atoms with Gasteiger partial charge in [-0.15, -0.1) is 4.31 Å². The zero-order valence-corrected chi connectivity index (χ0v) is 22.1. The van der Waals surface area contributed by atoms with E-state index in [4.69, 9.17) is 27.9 Å². The summed E-state index contributed by atoms with van der Waals surface area (Å²) >= 11 is 11.0. The van der Waals surface area contributed by atoms with Gasteiger partial charge in [-0.2, -0.15) is 9.78 Å². The van der Waals surface area contributed by atoms with Crippen molar-refractivity contribution in [3.8, 4) is 11.4 Å². The summed E-state index contributed by atoms with van der Waals surface area (Å²) in [6, 6.07) is 14.6. The number of hydrogen-bond donors (Lipinski definition) is 0. The number of nitrogens with zero attached hydrogens (tertiary/aromatic N) is 4. The molecule has 7 nitrogen and oxygen atoms in total. The molecule has 0 amide bonds. The Balaban J connectivity index is 1.33. The lowest BCUT2D eigenvalue weighted by molar-refractivity contribution is 0.205. The minimum Gasteiger partial charge on any atom is -0.598 e. The fraction of sp³-hybridized carbons (Fsp3) is 0.385. The molecular formula is C26H28Cl2N4O3S. The lowest BCUT2D eigenvalue weighted by Gasteiger charge is -2.36. The lowest BCUT2D eigenvalue weighted by atomic mass is 10.2. The number of aromatic nitrogens is 2. The van der Waals surface area contributed by atoms with E-state index in [2.05, 4.69) is 10.00 Å². The van der Waals surface area contributed by atoms with E-state index in [1.54, 1.807) is 24.4 Å². The molecular weight excluding hydrogens is 519 g/mol. The fourth-order valence-corrected chi connectivity index (χ4v) is 6.53. The average molecular weight is 548 g/mol. The summed E-state index contributed by atoms with van der Waals surface area (Å²) in [5.41, 5.74) is 1.99. The van der Waals surface area contributed by atoms with Crippen molar-refractivity contribution in [2.75, 3.05) is 31.1 Å². The van der Waals surface area contributed by atoms with Gasteiger partial charge in [0.25, 0.3) is 0 Å². The average Bonchev–Trinajstić information content (AvgIpc) is 3.38. The highest BCUT2D eigenvalue weighted by Crippen LogP contribution is 2.31. The third-order valence-corrected chi connectivity index (χ3v) is 8.54. The predicted octanol–water partition coefficient (Wildman–Crippen LogP) is 4.85. The highest BCUT2D eigenvalue weighted by molar-refractivity contribution is 7.88. The Morgan fingerprint density at radius 1 is 1.00 bits per heavy atom. The quantitative estimate of drug-likeness (QED) is 0.394. The van der Waals surface area contributed by atoms with E-state index < -0.39 is 11.4 Å². The number of hydrogen-bond acceptors (Lipinski definition) is 6. The molecule has 0 radical (unpaired) electrons. The first-order valence-electron chi connectivity index (χ1n) is 12.2. The number of ether oxygens (including phenoxy) is 1. The topological polar surface area (TPSA) is 73.7 Å². The van der Waals surface area contributed by atoms with Gasteiger partial charge in [0.15, 0.2) is 5.75 Å². The molecule has 10 heteroatoms. The smallest absolute Gasteiger partial charge is 0.316 e. The van der Waals surface area contributed by atoms with Crippen LogP contribution < -0.4 is 15.2 Å². The molecule has 0 N–H and O–H groups in total. The summed E-state index contributed by atoms with van der Waals surface area (Å²) in [7, 11) is 0. The van der Waals surface area contributed by atoms with Crippen molar-refractivity contribution in [3.63, 3.8) is 0 Å². The molecule has 1 saturated carbocycles. The molecule has 36 heavy (non-hydrogen) atoms. The molecule has 2 heterocycles. The van der Waals surface area contributed by atoms with Gasteiger partial charge in [0.2, 0.25) is 5.75 Å². The fourth-order valence-electron chi connectivity index (χ4n) is 4.75. The molecule has 190 valence electrons. The third kappa shape index (κ3) is 5.84. The van der Waals surface area contributed by atoms with Crippen LogP contribution in [0.4, 0.5) is 5.69 Å².